The van der Waals surface area contributed by atoms with E-state index in [4.69, 9.17) is 4.52 Å². The van der Waals surface area contributed by atoms with Crippen molar-refractivity contribution in [3.05, 3.63) is 121 Å². The van der Waals surface area contributed by atoms with Gasteiger partial charge in [0.2, 0.25) is 0 Å². The van der Waals surface area contributed by atoms with Gasteiger partial charge in [-0.3, -0.25) is 0 Å². The molecule has 176 valence electrons. The van der Waals surface area contributed by atoms with E-state index in [9.17, 15) is 0 Å². The predicted molar refractivity (Wildman–Crippen MR) is 150 cm³/mol. The fourth-order valence-electron chi connectivity index (χ4n) is 5.18. The summed E-state index contributed by atoms with van der Waals surface area (Å²) in [6.45, 7) is -1.03. The minimum absolute atomic E-state index is 0.933. The summed E-state index contributed by atoms with van der Waals surface area (Å²) in [5.41, 5.74) is 0. The summed E-state index contributed by atoms with van der Waals surface area (Å²) in [7, 11) is 0. The van der Waals surface area contributed by atoms with Gasteiger partial charge < -0.3 is 0 Å². The number of hydrogen-bond acceptors (Lipinski definition) is 1. The van der Waals surface area contributed by atoms with Crippen molar-refractivity contribution in [3.8, 4) is 5.75 Å². The number of unbranched alkanes of at least 4 members (excludes halogenated alkanes) is 5. The first kappa shape index (κ1) is 24.2. The van der Waals surface area contributed by atoms with Crippen molar-refractivity contribution in [3.63, 3.8) is 0 Å². The fourth-order valence-corrected chi connectivity index (χ4v) is 11.1. The van der Waals surface area contributed by atoms with E-state index >= 15 is 0 Å². The number of para-hydroxylation sites is 1. The molecule has 4 aromatic rings. The maximum atomic E-state index is 7.51. The first-order valence-electron chi connectivity index (χ1n) is 12.7. The third kappa shape index (κ3) is 4.82. The van der Waals surface area contributed by atoms with E-state index in [2.05, 4.69) is 128 Å². The standard InChI is InChI=1S/C32H37OP/c1-2-3-4-5-6-19-28-34(30-22-13-8-14-23-30,31-24-15-9-16-25-31,32-26-17-10-18-27-32)33-29-20-11-7-12-21-29/h7-18,20-27H,2-6,19,28H2,1H3. The molecule has 0 N–H and O–H groups in total. The summed E-state index contributed by atoms with van der Waals surface area (Å²) in [4.78, 5) is 0. The third-order valence-electron chi connectivity index (χ3n) is 6.90. The van der Waals surface area contributed by atoms with Crippen LogP contribution in [0.2, 0.25) is 0 Å². The van der Waals surface area contributed by atoms with Crippen molar-refractivity contribution >= 4 is 22.7 Å². The van der Waals surface area contributed by atoms with Crippen LogP contribution in [0.4, 0.5) is 0 Å². The molecule has 0 aliphatic rings. The Balaban J connectivity index is 1.96. The number of benzene rings is 4. The zero-order chi connectivity index (χ0) is 23.6. The van der Waals surface area contributed by atoms with E-state index in [1.54, 1.807) is 0 Å². The van der Waals surface area contributed by atoms with Gasteiger partial charge in [0.15, 0.2) is 0 Å². The van der Waals surface area contributed by atoms with Gasteiger partial charge in [-0.15, -0.1) is 0 Å². The normalized spacial score (nSPS) is 12.6. The molecular weight excluding hydrogens is 431 g/mol. The van der Waals surface area contributed by atoms with Gasteiger partial charge in [0.25, 0.3) is 0 Å². The molecule has 0 radical (unpaired) electrons. The van der Waals surface area contributed by atoms with Crippen LogP contribution in [0.3, 0.4) is 0 Å². The van der Waals surface area contributed by atoms with E-state index < -0.39 is 6.83 Å². The molecule has 0 amide bonds. The van der Waals surface area contributed by atoms with Gasteiger partial charge in [0.1, 0.15) is 0 Å². The molecular formula is C32H37OP. The average Bonchev–Trinajstić information content (AvgIpc) is 2.92. The molecule has 0 saturated heterocycles. The topological polar surface area (TPSA) is 9.23 Å². The summed E-state index contributed by atoms with van der Waals surface area (Å²) >= 11 is 0. The van der Waals surface area contributed by atoms with E-state index in [1.165, 1.54) is 48.0 Å². The molecule has 0 atom stereocenters. The van der Waals surface area contributed by atoms with Gasteiger partial charge in [-0.2, -0.15) is 0 Å². The Hall–Kier alpha value is -2.89. The second-order valence-corrected chi connectivity index (χ2v) is 13.7. The SMILES string of the molecule is CCCCCCCCP(Oc1ccccc1)(c1ccccc1)(c1ccccc1)c1ccccc1. The molecule has 0 heterocycles. The molecule has 2 heteroatoms. The monoisotopic (exact) mass is 468 g/mol. The van der Waals surface area contributed by atoms with Crippen LogP contribution >= 0.6 is 6.83 Å². The fraction of sp³-hybridized carbons (Fsp3) is 0.250. The van der Waals surface area contributed by atoms with E-state index in [1.807, 2.05) is 0 Å². The molecule has 0 spiro atoms. The molecule has 0 aromatic heterocycles. The Kier molecular flexibility index (Phi) is 8.20. The van der Waals surface area contributed by atoms with E-state index in [0.717, 1.165) is 18.3 Å². The van der Waals surface area contributed by atoms with Crippen molar-refractivity contribution < 1.29 is 4.52 Å². The maximum absolute atomic E-state index is 7.51. The van der Waals surface area contributed by atoms with Crippen LogP contribution in [0.25, 0.3) is 0 Å². The Morgan fingerprint density at radius 3 is 1.29 bits per heavy atom. The second-order valence-electron chi connectivity index (χ2n) is 9.12. The van der Waals surface area contributed by atoms with Crippen LogP contribution in [-0.4, -0.2) is 6.16 Å². The molecule has 4 rings (SSSR count). The summed E-state index contributed by atoms with van der Waals surface area (Å²) in [5, 5.41) is 3.88. The van der Waals surface area contributed by atoms with Gasteiger partial charge in [0, 0.05) is 0 Å². The van der Waals surface area contributed by atoms with E-state index in [-0.39, 0.29) is 0 Å². The zero-order valence-corrected chi connectivity index (χ0v) is 21.2. The Bertz CT molecular complexity index is 1010. The molecule has 34 heavy (non-hydrogen) atoms. The van der Waals surface area contributed by atoms with Crippen molar-refractivity contribution in [2.24, 2.45) is 0 Å². The van der Waals surface area contributed by atoms with Crippen LogP contribution in [0, 0.1) is 0 Å². The summed E-state index contributed by atoms with van der Waals surface area (Å²) < 4.78 is 7.51. The molecule has 0 saturated carbocycles. The van der Waals surface area contributed by atoms with Crippen LogP contribution in [0.1, 0.15) is 45.4 Å². The number of rotatable bonds is 12. The third-order valence-corrected chi connectivity index (χ3v) is 12.9. The van der Waals surface area contributed by atoms with Gasteiger partial charge in [-0.1, -0.05) is 0 Å². The molecule has 0 unspecified atom stereocenters. The predicted octanol–water partition coefficient (Wildman–Crippen LogP) is 7.87. The van der Waals surface area contributed by atoms with Crippen molar-refractivity contribution in [2.75, 3.05) is 6.16 Å². The minimum atomic E-state index is -3.31. The average molecular weight is 469 g/mol. The van der Waals surface area contributed by atoms with Gasteiger partial charge >= 0.3 is 206 Å². The summed E-state index contributed by atoms with van der Waals surface area (Å²) in [6, 6.07) is 43.5. The van der Waals surface area contributed by atoms with Crippen LogP contribution in [-0.2, 0) is 0 Å². The Labute approximate surface area is 205 Å². The molecule has 0 fully saturated rings. The summed E-state index contributed by atoms with van der Waals surface area (Å²) in [5.74, 6) is 0.933. The number of hydrogen-bond donors (Lipinski definition) is 0. The molecule has 0 aliphatic carbocycles. The summed E-state index contributed by atoms with van der Waals surface area (Å²) in [6.07, 6.45) is 8.53. The van der Waals surface area contributed by atoms with Gasteiger partial charge in [0.05, 0.1) is 0 Å². The first-order valence-corrected chi connectivity index (χ1v) is 15.1. The molecule has 1 nitrogen and oxygen atoms in total. The first-order chi connectivity index (χ1) is 16.8. The van der Waals surface area contributed by atoms with Crippen LogP contribution < -0.4 is 20.4 Å². The van der Waals surface area contributed by atoms with Crippen molar-refractivity contribution in [1.82, 2.24) is 0 Å². The van der Waals surface area contributed by atoms with Crippen molar-refractivity contribution in [2.45, 2.75) is 45.4 Å². The molecule has 0 bridgehead atoms. The van der Waals surface area contributed by atoms with E-state index in [0.29, 0.717) is 0 Å². The van der Waals surface area contributed by atoms with Gasteiger partial charge in [-0.25, -0.2) is 0 Å². The van der Waals surface area contributed by atoms with Gasteiger partial charge in [-0.05, 0) is 0 Å². The second kappa shape index (κ2) is 11.5. The Morgan fingerprint density at radius 1 is 0.471 bits per heavy atom. The van der Waals surface area contributed by atoms with Crippen LogP contribution in [0.5, 0.6) is 5.75 Å². The van der Waals surface area contributed by atoms with Crippen LogP contribution in [0.15, 0.2) is 121 Å². The quantitative estimate of drug-likeness (QED) is 0.152. The molecule has 4 aromatic carbocycles. The van der Waals surface area contributed by atoms with Crippen molar-refractivity contribution in [1.29, 1.82) is 0 Å². The Morgan fingerprint density at radius 2 is 0.853 bits per heavy atom. The zero-order valence-electron chi connectivity index (χ0n) is 20.4. The molecule has 0 aliphatic heterocycles.